The highest BCUT2D eigenvalue weighted by Gasteiger charge is 2.26. The zero-order valence-electron chi connectivity index (χ0n) is 18.4. The maximum absolute atomic E-state index is 13.2. The third kappa shape index (κ3) is 4.16. The molecular formula is C26H23N5OS. The Hall–Kier alpha value is -4.15. The highest BCUT2D eigenvalue weighted by atomic mass is 32.1. The number of carbonyl (C=O) groups is 1. The van der Waals surface area contributed by atoms with Crippen LogP contribution in [0.25, 0.3) is 21.3 Å². The lowest BCUT2D eigenvalue weighted by molar-refractivity contribution is 0.0960. The molecule has 1 amide bonds. The third-order valence-corrected chi connectivity index (χ3v) is 6.44. The van der Waals surface area contributed by atoms with Gasteiger partial charge in [0.15, 0.2) is 0 Å². The normalized spacial score (nSPS) is 10.6. The van der Waals surface area contributed by atoms with Gasteiger partial charge < -0.3 is 16.4 Å². The van der Waals surface area contributed by atoms with Crippen molar-refractivity contribution in [2.75, 3.05) is 17.6 Å². The van der Waals surface area contributed by atoms with E-state index in [4.69, 9.17) is 5.73 Å². The van der Waals surface area contributed by atoms with Crippen LogP contribution in [0.2, 0.25) is 0 Å². The lowest BCUT2D eigenvalue weighted by atomic mass is 9.99. The molecule has 4 N–H and O–H groups in total. The second-order valence-electron chi connectivity index (χ2n) is 7.65. The summed E-state index contributed by atoms with van der Waals surface area (Å²) in [5.74, 6) is -0.192. The Labute approximate surface area is 196 Å². The van der Waals surface area contributed by atoms with Crippen LogP contribution in [0, 0.1) is 25.2 Å². The van der Waals surface area contributed by atoms with Gasteiger partial charge in [0.2, 0.25) is 0 Å². The number of nitrogen functional groups attached to an aromatic ring is 1. The standard InChI is InChI=1S/C26H23N5OS/c1-4-13-29-25(32)21-22-23(33-26(21)30-19-8-6-5-7-16(19)3)20(18(14-27)24(28)31-22)17-11-9-15(2)10-12-17/h4-12,30H,1,13H2,2-3H3,(H2,28,31)(H,29,32). The molecule has 0 radical (unpaired) electrons. The van der Waals surface area contributed by atoms with Gasteiger partial charge >= 0.3 is 0 Å². The molecule has 0 bridgehead atoms. The number of nitrogens with one attached hydrogen (secondary N) is 2. The summed E-state index contributed by atoms with van der Waals surface area (Å²) in [6, 6.07) is 17.9. The van der Waals surface area contributed by atoms with E-state index >= 15 is 0 Å². The lowest BCUT2D eigenvalue weighted by Gasteiger charge is -2.10. The molecule has 2 aromatic heterocycles. The number of fused-ring (bicyclic) bond motifs is 1. The van der Waals surface area contributed by atoms with Gasteiger partial charge in [-0.2, -0.15) is 5.26 Å². The SMILES string of the molecule is C=CCNC(=O)c1c(Nc2ccccc2C)sc2c(-c3ccc(C)cc3)c(C#N)c(N)nc12. The van der Waals surface area contributed by atoms with E-state index in [1.165, 1.54) is 11.3 Å². The van der Waals surface area contributed by atoms with Gasteiger partial charge in [-0.15, -0.1) is 17.9 Å². The van der Waals surface area contributed by atoms with E-state index < -0.39 is 0 Å². The maximum Gasteiger partial charge on any atom is 0.256 e. The van der Waals surface area contributed by atoms with Crippen LogP contribution in [0.5, 0.6) is 0 Å². The molecule has 0 saturated heterocycles. The summed E-state index contributed by atoms with van der Waals surface area (Å²) in [6.07, 6.45) is 1.62. The van der Waals surface area contributed by atoms with Gasteiger partial charge in [0.25, 0.3) is 5.91 Å². The molecule has 2 aromatic carbocycles. The second-order valence-corrected chi connectivity index (χ2v) is 8.67. The average Bonchev–Trinajstić information content (AvgIpc) is 3.16. The number of hydrogen-bond acceptors (Lipinski definition) is 6. The summed E-state index contributed by atoms with van der Waals surface area (Å²) in [7, 11) is 0. The fourth-order valence-corrected chi connectivity index (χ4v) is 4.84. The van der Waals surface area contributed by atoms with Gasteiger partial charge in [0.1, 0.15) is 28.0 Å². The molecule has 2 heterocycles. The maximum atomic E-state index is 13.2. The van der Waals surface area contributed by atoms with Gasteiger partial charge in [-0.05, 0) is 31.0 Å². The minimum atomic E-state index is -0.288. The molecule has 0 aliphatic carbocycles. The van der Waals surface area contributed by atoms with Crippen molar-refractivity contribution in [2.45, 2.75) is 13.8 Å². The molecule has 0 spiro atoms. The van der Waals surface area contributed by atoms with Crippen LogP contribution in [-0.4, -0.2) is 17.4 Å². The van der Waals surface area contributed by atoms with Gasteiger partial charge in [0.05, 0.1) is 10.2 Å². The van der Waals surface area contributed by atoms with Crippen molar-refractivity contribution >= 4 is 44.0 Å². The first-order valence-electron chi connectivity index (χ1n) is 10.4. The summed E-state index contributed by atoms with van der Waals surface area (Å²) in [5, 5.41) is 16.8. The summed E-state index contributed by atoms with van der Waals surface area (Å²) in [6.45, 7) is 7.99. The number of rotatable bonds is 6. The van der Waals surface area contributed by atoms with Crippen molar-refractivity contribution in [3.8, 4) is 17.2 Å². The molecule has 0 aliphatic heterocycles. The topological polar surface area (TPSA) is 104 Å². The largest absolute Gasteiger partial charge is 0.383 e. The third-order valence-electron chi connectivity index (χ3n) is 5.33. The molecule has 0 saturated carbocycles. The summed E-state index contributed by atoms with van der Waals surface area (Å²) >= 11 is 1.39. The number of pyridine rings is 1. The Kier molecular flexibility index (Phi) is 6.11. The molecule has 0 fully saturated rings. The predicted molar refractivity (Wildman–Crippen MR) is 136 cm³/mol. The van der Waals surface area contributed by atoms with Crippen molar-refractivity contribution in [2.24, 2.45) is 0 Å². The Bertz CT molecular complexity index is 1410. The average molecular weight is 454 g/mol. The van der Waals surface area contributed by atoms with E-state index in [9.17, 15) is 10.1 Å². The Morgan fingerprint density at radius 3 is 2.61 bits per heavy atom. The van der Waals surface area contributed by atoms with Crippen LogP contribution in [0.4, 0.5) is 16.5 Å². The highest BCUT2D eigenvalue weighted by molar-refractivity contribution is 7.24. The fourth-order valence-electron chi connectivity index (χ4n) is 3.61. The summed E-state index contributed by atoms with van der Waals surface area (Å²) < 4.78 is 0.726. The zero-order chi connectivity index (χ0) is 23.5. The number of anilines is 3. The predicted octanol–water partition coefficient (Wildman–Crippen LogP) is 5.69. The number of carbonyl (C=O) groups excluding carboxylic acids is 1. The van der Waals surface area contributed by atoms with Gasteiger partial charge in [-0.3, -0.25) is 4.79 Å². The first-order chi connectivity index (χ1) is 15.9. The minimum Gasteiger partial charge on any atom is -0.383 e. The molecule has 33 heavy (non-hydrogen) atoms. The number of thiophene rings is 1. The Balaban J connectivity index is 2.02. The number of para-hydroxylation sites is 1. The molecule has 0 aliphatic rings. The van der Waals surface area contributed by atoms with Crippen LogP contribution in [0.1, 0.15) is 27.0 Å². The quantitative estimate of drug-likeness (QED) is 0.325. The Morgan fingerprint density at radius 2 is 1.94 bits per heavy atom. The number of nitrogens with two attached hydrogens (primary N) is 1. The minimum absolute atomic E-state index is 0.0959. The van der Waals surface area contributed by atoms with Crippen molar-refractivity contribution in [1.82, 2.24) is 10.3 Å². The number of aryl methyl sites for hydroxylation is 2. The Morgan fingerprint density at radius 1 is 1.21 bits per heavy atom. The van der Waals surface area contributed by atoms with E-state index in [-0.39, 0.29) is 11.7 Å². The van der Waals surface area contributed by atoms with E-state index in [0.717, 1.165) is 27.1 Å². The smallest absolute Gasteiger partial charge is 0.256 e. The lowest BCUT2D eigenvalue weighted by Crippen LogP contribution is -2.23. The van der Waals surface area contributed by atoms with E-state index in [1.807, 2.05) is 62.4 Å². The van der Waals surface area contributed by atoms with Crippen LogP contribution >= 0.6 is 11.3 Å². The number of nitrogens with zero attached hydrogens (tertiary/aromatic N) is 2. The van der Waals surface area contributed by atoms with E-state index in [1.54, 1.807) is 6.08 Å². The molecule has 4 aromatic rings. The molecular weight excluding hydrogens is 430 g/mol. The van der Waals surface area contributed by atoms with E-state index in [2.05, 4.69) is 28.3 Å². The van der Waals surface area contributed by atoms with Crippen molar-refractivity contribution in [3.63, 3.8) is 0 Å². The molecule has 4 rings (SSSR count). The van der Waals surface area contributed by atoms with E-state index in [0.29, 0.717) is 33.8 Å². The first-order valence-corrected chi connectivity index (χ1v) is 11.2. The zero-order valence-corrected chi connectivity index (χ0v) is 19.2. The fraction of sp³-hybridized carbons (Fsp3) is 0.115. The number of benzene rings is 2. The van der Waals surface area contributed by atoms with Gasteiger partial charge in [0, 0.05) is 17.8 Å². The molecule has 7 heteroatoms. The summed E-state index contributed by atoms with van der Waals surface area (Å²) in [4.78, 5) is 17.7. The molecule has 6 nitrogen and oxygen atoms in total. The monoisotopic (exact) mass is 453 g/mol. The highest BCUT2D eigenvalue weighted by Crippen LogP contribution is 2.44. The van der Waals surface area contributed by atoms with Gasteiger partial charge in [-0.1, -0.05) is 54.1 Å². The number of nitriles is 1. The van der Waals surface area contributed by atoms with Crippen LogP contribution in [-0.2, 0) is 0 Å². The van der Waals surface area contributed by atoms with Gasteiger partial charge in [-0.25, -0.2) is 4.98 Å². The van der Waals surface area contributed by atoms with Crippen molar-refractivity contribution < 1.29 is 4.79 Å². The molecule has 0 unspecified atom stereocenters. The second kappa shape index (κ2) is 9.15. The number of hydrogen-bond donors (Lipinski definition) is 3. The first kappa shape index (κ1) is 22.1. The van der Waals surface area contributed by atoms with Crippen LogP contribution in [0.15, 0.2) is 61.2 Å². The van der Waals surface area contributed by atoms with Crippen molar-refractivity contribution in [3.05, 3.63) is 83.4 Å². The number of aromatic nitrogens is 1. The molecule has 0 atom stereocenters. The molecule has 164 valence electrons. The number of amides is 1. The van der Waals surface area contributed by atoms with Crippen molar-refractivity contribution in [1.29, 1.82) is 5.26 Å². The van der Waals surface area contributed by atoms with Crippen LogP contribution in [0.3, 0.4) is 0 Å². The summed E-state index contributed by atoms with van der Waals surface area (Å²) in [5.41, 5.74) is 11.9. The van der Waals surface area contributed by atoms with Crippen LogP contribution < -0.4 is 16.4 Å².